The smallest absolute Gasteiger partial charge is 0.261 e. The van der Waals surface area contributed by atoms with E-state index < -0.39 is 37.3 Å². The number of amides is 3. The first-order chi connectivity index (χ1) is 15.4. The molecule has 10 heteroatoms. The fourth-order valence-electron chi connectivity index (χ4n) is 4.05. The van der Waals surface area contributed by atoms with Crippen LogP contribution in [0.25, 0.3) is 0 Å². The Morgan fingerprint density at radius 3 is 2.28 bits per heavy atom. The quantitative estimate of drug-likeness (QED) is 0.283. The molecule has 0 unspecified atom stereocenters. The van der Waals surface area contributed by atoms with Crippen LogP contribution in [0, 0.1) is 0 Å². The summed E-state index contributed by atoms with van der Waals surface area (Å²) >= 11 is 0. The van der Waals surface area contributed by atoms with Crippen LogP contribution >= 0.6 is 0 Å². The minimum atomic E-state index is -1.35. The van der Waals surface area contributed by atoms with Crippen molar-refractivity contribution in [1.82, 2.24) is 10.2 Å². The van der Waals surface area contributed by atoms with Crippen molar-refractivity contribution in [2.24, 2.45) is 0 Å². The molecule has 0 spiro atoms. The van der Waals surface area contributed by atoms with E-state index in [-0.39, 0.29) is 24.1 Å². The van der Waals surface area contributed by atoms with Gasteiger partial charge in [0.2, 0.25) is 5.91 Å². The van der Waals surface area contributed by atoms with Crippen LogP contribution in [0.15, 0.2) is 24.3 Å². The SMILES string of the molecule is CO[C@@H]1O[C@H](CO)[C@@H](O)[C@H](O)[C@H]1NC(=O)CCCCCCN1C(=O)c2ccccc2C1=O. The van der Waals surface area contributed by atoms with E-state index in [0.717, 1.165) is 12.8 Å². The van der Waals surface area contributed by atoms with Gasteiger partial charge in [0, 0.05) is 20.1 Å². The molecule has 2 heterocycles. The molecule has 1 fully saturated rings. The standard InChI is InChI=1S/C22H30N2O8/c1-31-22-17(19(28)18(27)15(12-25)32-22)23-16(26)10-4-2-3-7-11-24-20(29)13-8-5-6-9-14(13)21(24)30/h5-6,8-9,15,17-19,22,25,27-28H,2-4,7,10-12H2,1H3,(H,23,26)/t15-,17-,18-,19-,22-/m1/s1. The Labute approximate surface area is 186 Å². The van der Waals surface area contributed by atoms with Gasteiger partial charge in [-0.25, -0.2) is 0 Å². The highest BCUT2D eigenvalue weighted by molar-refractivity contribution is 6.21. The van der Waals surface area contributed by atoms with Crippen LogP contribution in [0.3, 0.4) is 0 Å². The highest BCUT2D eigenvalue weighted by Gasteiger charge is 2.45. The minimum Gasteiger partial charge on any atom is -0.394 e. The molecule has 176 valence electrons. The van der Waals surface area contributed by atoms with Crippen LogP contribution in [0.4, 0.5) is 0 Å². The van der Waals surface area contributed by atoms with Gasteiger partial charge in [0.15, 0.2) is 6.29 Å². The first kappa shape index (κ1) is 24.3. The van der Waals surface area contributed by atoms with E-state index in [1.807, 2.05) is 0 Å². The second-order valence-corrected chi connectivity index (χ2v) is 8.01. The lowest BCUT2D eigenvalue weighted by atomic mass is 9.96. The highest BCUT2D eigenvalue weighted by atomic mass is 16.7. The minimum absolute atomic E-state index is 0.201. The molecule has 1 aromatic carbocycles. The number of rotatable bonds is 10. The highest BCUT2D eigenvalue weighted by Crippen LogP contribution is 2.23. The molecule has 3 amide bonds. The Hall–Kier alpha value is -2.37. The lowest BCUT2D eigenvalue weighted by Crippen LogP contribution is -2.64. The van der Waals surface area contributed by atoms with Crippen molar-refractivity contribution >= 4 is 17.7 Å². The molecule has 10 nitrogen and oxygen atoms in total. The molecule has 0 aromatic heterocycles. The van der Waals surface area contributed by atoms with Crippen LogP contribution in [0.1, 0.15) is 52.8 Å². The molecule has 3 rings (SSSR count). The van der Waals surface area contributed by atoms with Crippen LogP contribution in [-0.2, 0) is 14.3 Å². The van der Waals surface area contributed by atoms with E-state index in [9.17, 15) is 29.7 Å². The topological polar surface area (TPSA) is 146 Å². The number of imide groups is 1. The number of fused-ring (bicyclic) bond motifs is 1. The van der Waals surface area contributed by atoms with Gasteiger partial charge >= 0.3 is 0 Å². The van der Waals surface area contributed by atoms with Gasteiger partial charge in [-0.1, -0.05) is 25.0 Å². The third kappa shape index (κ3) is 5.16. The molecule has 2 aliphatic rings. The van der Waals surface area contributed by atoms with Gasteiger partial charge < -0.3 is 30.1 Å². The molecule has 0 bridgehead atoms. The van der Waals surface area contributed by atoms with Crippen molar-refractivity contribution in [3.8, 4) is 0 Å². The Balaban J connectivity index is 1.36. The third-order valence-corrected chi connectivity index (χ3v) is 5.85. The fraction of sp³-hybridized carbons (Fsp3) is 0.591. The van der Waals surface area contributed by atoms with Crippen LogP contribution < -0.4 is 5.32 Å². The first-order valence-electron chi connectivity index (χ1n) is 10.8. The monoisotopic (exact) mass is 450 g/mol. The number of unbranched alkanes of at least 4 members (excludes halogenated alkanes) is 3. The Morgan fingerprint density at radius 1 is 1.06 bits per heavy atom. The predicted molar refractivity (Wildman–Crippen MR) is 112 cm³/mol. The third-order valence-electron chi connectivity index (χ3n) is 5.85. The van der Waals surface area contributed by atoms with Gasteiger partial charge in [-0.3, -0.25) is 19.3 Å². The lowest BCUT2D eigenvalue weighted by Gasteiger charge is -2.41. The first-order valence-corrected chi connectivity index (χ1v) is 10.8. The van der Waals surface area contributed by atoms with Crippen molar-refractivity contribution in [3.05, 3.63) is 35.4 Å². The van der Waals surface area contributed by atoms with E-state index in [2.05, 4.69) is 5.32 Å². The maximum atomic E-state index is 12.3. The number of carbonyl (C=O) groups excluding carboxylic acids is 3. The van der Waals surface area contributed by atoms with Gasteiger partial charge in [0.1, 0.15) is 24.4 Å². The second-order valence-electron chi connectivity index (χ2n) is 8.01. The van der Waals surface area contributed by atoms with Gasteiger partial charge in [0.05, 0.1) is 17.7 Å². The van der Waals surface area contributed by atoms with Gasteiger partial charge in [-0.05, 0) is 25.0 Å². The number of ether oxygens (including phenoxy) is 2. The molecule has 1 aromatic rings. The van der Waals surface area contributed by atoms with E-state index >= 15 is 0 Å². The number of aliphatic hydroxyl groups is 3. The van der Waals surface area contributed by atoms with Crippen molar-refractivity contribution in [3.63, 3.8) is 0 Å². The van der Waals surface area contributed by atoms with Gasteiger partial charge in [0.25, 0.3) is 11.8 Å². The number of benzene rings is 1. The van der Waals surface area contributed by atoms with Crippen molar-refractivity contribution in [2.75, 3.05) is 20.3 Å². The van der Waals surface area contributed by atoms with E-state index in [4.69, 9.17) is 9.47 Å². The number of nitrogens with zero attached hydrogens (tertiary/aromatic N) is 1. The summed E-state index contributed by atoms with van der Waals surface area (Å²) in [5.74, 6) is -0.859. The molecule has 32 heavy (non-hydrogen) atoms. The Bertz CT molecular complexity index is 795. The number of methoxy groups -OCH3 is 1. The number of hydrogen-bond donors (Lipinski definition) is 4. The molecule has 0 aliphatic carbocycles. The average molecular weight is 450 g/mol. The van der Waals surface area contributed by atoms with Crippen LogP contribution in [0.5, 0.6) is 0 Å². The zero-order valence-corrected chi connectivity index (χ0v) is 18.0. The largest absolute Gasteiger partial charge is 0.394 e. The lowest BCUT2D eigenvalue weighted by molar-refractivity contribution is -0.262. The maximum absolute atomic E-state index is 12.3. The summed E-state index contributed by atoms with van der Waals surface area (Å²) in [4.78, 5) is 38.2. The average Bonchev–Trinajstić information content (AvgIpc) is 3.04. The summed E-state index contributed by atoms with van der Waals surface area (Å²) in [6, 6.07) is 5.81. The van der Waals surface area contributed by atoms with Crippen molar-refractivity contribution in [2.45, 2.75) is 62.7 Å². The van der Waals surface area contributed by atoms with Crippen LogP contribution in [0.2, 0.25) is 0 Å². The van der Waals surface area contributed by atoms with E-state index in [1.165, 1.54) is 12.0 Å². The molecule has 0 saturated carbocycles. The van der Waals surface area contributed by atoms with Crippen LogP contribution in [-0.4, -0.2) is 88.8 Å². The maximum Gasteiger partial charge on any atom is 0.261 e. The zero-order valence-electron chi connectivity index (χ0n) is 18.0. The van der Waals surface area contributed by atoms with Crippen molar-refractivity contribution < 1.29 is 39.2 Å². The Kier molecular flexibility index (Phi) is 8.32. The van der Waals surface area contributed by atoms with E-state index in [0.29, 0.717) is 30.5 Å². The fourth-order valence-corrected chi connectivity index (χ4v) is 4.05. The molecule has 2 aliphatic heterocycles. The summed E-state index contributed by atoms with van der Waals surface area (Å²) in [6.07, 6.45) is -1.78. The van der Waals surface area contributed by atoms with Crippen molar-refractivity contribution in [1.29, 1.82) is 0 Å². The number of carbonyl (C=O) groups is 3. The summed E-state index contributed by atoms with van der Waals surface area (Å²) in [7, 11) is 1.34. The molecular weight excluding hydrogens is 420 g/mol. The molecule has 4 N–H and O–H groups in total. The summed E-state index contributed by atoms with van der Waals surface area (Å²) < 4.78 is 10.5. The number of aliphatic hydroxyl groups excluding tert-OH is 3. The van der Waals surface area contributed by atoms with E-state index in [1.54, 1.807) is 24.3 Å². The Morgan fingerprint density at radius 2 is 1.69 bits per heavy atom. The van der Waals surface area contributed by atoms with Gasteiger partial charge in [-0.15, -0.1) is 0 Å². The second kappa shape index (κ2) is 11.0. The predicted octanol–water partition coefficient (Wildman–Crippen LogP) is -0.197. The summed E-state index contributed by atoms with van der Waals surface area (Å²) in [5, 5.41) is 32.1. The number of hydrogen-bond acceptors (Lipinski definition) is 8. The molecule has 1 saturated heterocycles. The van der Waals surface area contributed by atoms with Gasteiger partial charge in [-0.2, -0.15) is 0 Å². The molecular formula is C22H30N2O8. The number of nitrogens with one attached hydrogen (secondary N) is 1. The molecule has 5 atom stereocenters. The normalized spacial score (nSPS) is 27.5. The summed E-state index contributed by atoms with van der Waals surface area (Å²) in [6.45, 7) is -0.150. The molecule has 0 radical (unpaired) electrons. The summed E-state index contributed by atoms with van der Waals surface area (Å²) in [5.41, 5.74) is 0.876. The zero-order chi connectivity index (χ0) is 23.3.